The van der Waals surface area contributed by atoms with Crippen LogP contribution in [0, 0.1) is 11.3 Å². The molecule has 0 aromatic carbocycles. The molecular weight excluding hydrogens is 274 g/mol. The molecule has 1 aliphatic heterocycles. The molecule has 2 rings (SSSR count). The van der Waals surface area contributed by atoms with E-state index in [9.17, 15) is 5.26 Å². The van der Waals surface area contributed by atoms with E-state index in [1.807, 2.05) is 27.7 Å². The molecule has 0 bridgehead atoms. The van der Waals surface area contributed by atoms with E-state index in [0.717, 1.165) is 18.1 Å². The topological polar surface area (TPSA) is 71.5 Å². The van der Waals surface area contributed by atoms with Crippen molar-refractivity contribution in [2.75, 3.05) is 23.7 Å². The maximum absolute atomic E-state index is 9.17. The Bertz CT molecular complexity index is 511. The van der Waals surface area contributed by atoms with Crippen molar-refractivity contribution in [3.8, 4) is 11.8 Å². The van der Waals surface area contributed by atoms with Crippen molar-refractivity contribution in [2.45, 2.75) is 46.0 Å². The second-order valence-electron chi connectivity index (χ2n) is 5.42. The minimum Gasteiger partial charge on any atom is -0.486 e. The molecule has 2 heterocycles. The van der Waals surface area contributed by atoms with Gasteiger partial charge in [-0.3, -0.25) is 0 Å². The van der Waals surface area contributed by atoms with Crippen LogP contribution >= 0.6 is 11.3 Å². The van der Waals surface area contributed by atoms with Gasteiger partial charge in [-0.25, -0.2) is 0 Å². The number of hydrogen-bond donors (Lipinski definition) is 1. The molecule has 1 saturated heterocycles. The first-order valence-corrected chi connectivity index (χ1v) is 7.63. The Morgan fingerprint density at radius 2 is 2.00 bits per heavy atom. The van der Waals surface area contributed by atoms with E-state index >= 15 is 0 Å². The standard InChI is InChI=1S/C14H21N3O2S/c1-8(2)18-13-12(16)11(5-15)20-14(13)17-6-9(3)19-10(4)7-17/h8-10H,6-7,16H2,1-4H3. The van der Waals surface area contributed by atoms with Gasteiger partial charge in [0.05, 0.1) is 18.3 Å². The van der Waals surface area contributed by atoms with Crippen LogP contribution in [0.15, 0.2) is 0 Å². The van der Waals surface area contributed by atoms with Crippen molar-refractivity contribution in [2.24, 2.45) is 0 Å². The monoisotopic (exact) mass is 295 g/mol. The van der Waals surface area contributed by atoms with Crippen LogP contribution in [-0.4, -0.2) is 31.4 Å². The molecule has 1 aliphatic rings. The van der Waals surface area contributed by atoms with Gasteiger partial charge < -0.3 is 20.1 Å². The van der Waals surface area contributed by atoms with Gasteiger partial charge in [0.15, 0.2) is 5.75 Å². The van der Waals surface area contributed by atoms with Crippen molar-refractivity contribution < 1.29 is 9.47 Å². The zero-order chi connectivity index (χ0) is 14.9. The largest absolute Gasteiger partial charge is 0.486 e. The highest BCUT2D eigenvalue weighted by Gasteiger charge is 2.28. The van der Waals surface area contributed by atoms with E-state index in [1.165, 1.54) is 11.3 Å². The molecule has 0 saturated carbocycles. The summed E-state index contributed by atoms with van der Waals surface area (Å²) in [7, 11) is 0. The van der Waals surface area contributed by atoms with Crippen molar-refractivity contribution in [3.63, 3.8) is 0 Å². The highest BCUT2D eigenvalue weighted by Crippen LogP contribution is 2.45. The number of rotatable bonds is 3. The lowest BCUT2D eigenvalue weighted by molar-refractivity contribution is -0.00515. The maximum Gasteiger partial charge on any atom is 0.178 e. The third-order valence-electron chi connectivity index (χ3n) is 3.04. The molecular formula is C14H21N3O2S. The molecule has 20 heavy (non-hydrogen) atoms. The van der Waals surface area contributed by atoms with E-state index in [4.69, 9.17) is 15.2 Å². The molecule has 5 nitrogen and oxygen atoms in total. The van der Waals surface area contributed by atoms with Crippen LogP contribution in [0.5, 0.6) is 5.75 Å². The first kappa shape index (κ1) is 14.9. The van der Waals surface area contributed by atoms with Gasteiger partial charge >= 0.3 is 0 Å². The fourth-order valence-electron chi connectivity index (χ4n) is 2.40. The summed E-state index contributed by atoms with van der Waals surface area (Å²) >= 11 is 1.40. The zero-order valence-corrected chi connectivity index (χ0v) is 13.2. The third-order valence-corrected chi connectivity index (χ3v) is 4.20. The van der Waals surface area contributed by atoms with Crippen molar-refractivity contribution in [3.05, 3.63) is 4.88 Å². The number of ether oxygens (including phenoxy) is 2. The maximum atomic E-state index is 9.17. The van der Waals surface area contributed by atoms with Gasteiger partial charge in [-0.15, -0.1) is 11.3 Å². The fourth-order valence-corrected chi connectivity index (χ4v) is 3.37. The van der Waals surface area contributed by atoms with E-state index in [-0.39, 0.29) is 18.3 Å². The number of morpholine rings is 1. The molecule has 110 valence electrons. The minimum absolute atomic E-state index is 0.0214. The molecule has 0 radical (unpaired) electrons. The van der Waals surface area contributed by atoms with Gasteiger partial charge in [-0.05, 0) is 27.7 Å². The first-order valence-electron chi connectivity index (χ1n) is 6.81. The molecule has 2 N–H and O–H groups in total. The van der Waals surface area contributed by atoms with Crippen molar-refractivity contribution in [1.82, 2.24) is 0 Å². The van der Waals surface area contributed by atoms with Gasteiger partial charge in [0.2, 0.25) is 0 Å². The van der Waals surface area contributed by atoms with Gasteiger partial charge in [0.25, 0.3) is 0 Å². The predicted molar refractivity (Wildman–Crippen MR) is 81.4 cm³/mol. The predicted octanol–water partition coefficient (Wildman–Crippen LogP) is 2.60. The Hall–Kier alpha value is -1.45. The lowest BCUT2D eigenvalue weighted by atomic mass is 10.2. The second kappa shape index (κ2) is 5.90. The number of hydrogen-bond acceptors (Lipinski definition) is 6. The third kappa shape index (κ3) is 3.00. The molecule has 2 atom stereocenters. The van der Waals surface area contributed by atoms with E-state index in [1.54, 1.807) is 0 Å². The Morgan fingerprint density at radius 3 is 2.50 bits per heavy atom. The molecule has 0 aliphatic carbocycles. The summed E-state index contributed by atoms with van der Waals surface area (Å²) in [4.78, 5) is 2.72. The van der Waals surface area contributed by atoms with Gasteiger partial charge in [0, 0.05) is 13.1 Å². The lowest BCUT2D eigenvalue weighted by Crippen LogP contribution is -2.45. The molecule has 1 aromatic rings. The molecule has 2 unspecified atom stereocenters. The van der Waals surface area contributed by atoms with Crippen LogP contribution in [0.25, 0.3) is 0 Å². The minimum atomic E-state index is 0.0214. The van der Waals surface area contributed by atoms with Crippen LogP contribution in [0.1, 0.15) is 32.6 Å². The highest BCUT2D eigenvalue weighted by molar-refractivity contribution is 7.17. The molecule has 0 amide bonds. The van der Waals surface area contributed by atoms with Crippen LogP contribution < -0.4 is 15.4 Å². The molecule has 0 spiro atoms. The number of nitriles is 1. The highest BCUT2D eigenvalue weighted by atomic mass is 32.1. The van der Waals surface area contributed by atoms with Crippen LogP contribution in [0.3, 0.4) is 0 Å². The Morgan fingerprint density at radius 1 is 1.40 bits per heavy atom. The fraction of sp³-hybridized carbons (Fsp3) is 0.643. The van der Waals surface area contributed by atoms with Gasteiger partial charge in [-0.2, -0.15) is 5.26 Å². The normalized spacial score (nSPS) is 22.9. The molecule has 1 fully saturated rings. The summed E-state index contributed by atoms with van der Waals surface area (Å²) in [5.41, 5.74) is 6.50. The average Bonchev–Trinajstić information content (AvgIpc) is 2.65. The first-order chi connectivity index (χ1) is 9.42. The van der Waals surface area contributed by atoms with E-state index < -0.39 is 0 Å². The number of thiophene rings is 1. The average molecular weight is 295 g/mol. The Labute approximate surface area is 123 Å². The van der Waals surface area contributed by atoms with Gasteiger partial charge in [0.1, 0.15) is 21.6 Å². The number of anilines is 2. The van der Waals surface area contributed by atoms with Crippen molar-refractivity contribution in [1.29, 1.82) is 5.26 Å². The molecule has 6 heteroatoms. The Kier molecular flexibility index (Phi) is 4.41. The number of nitrogen functional groups attached to an aromatic ring is 1. The number of nitrogens with zero attached hydrogens (tertiary/aromatic N) is 2. The van der Waals surface area contributed by atoms with Crippen LogP contribution in [-0.2, 0) is 4.74 Å². The number of nitrogens with two attached hydrogens (primary N) is 1. The van der Waals surface area contributed by atoms with Crippen molar-refractivity contribution >= 4 is 22.0 Å². The lowest BCUT2D eigenvalue weighted by Gasteiger charge is -2.36. The van der Waals surface area contributed by atoms with Crippen LogP contribution in [0.2, 0.25) is 0 Å². The van der Waals surface area contributed by atoms with Crippen LogP contribution in [0.4, 0.5) is 10.7 Å². The zero-order valence-electron chi connectivity index (χ0n) is 12.3. The molecule has 1 aromatic heterocycles. The smallest absolute Gasteiger partial charge is 0.178 e. The summed E-state index contributed by atoms with van der Waals surface area (Å²) in [5.74, 6) is 0.642. The SMILES string of the molecule is CC(C)Oc1c(N2CC(C)OC(C)C2)sc(C#N)c1N. The summed E-state index contributed by atoms with van der Waals surface area (Å²) in [6, 6.07) is 2.15. The summed E-state index contributed by atoms with van der Waals surface area (Å²) in [6.45, 7) is 9.57. The second-order valence-corrected chi connectivity index (χ2v) is 6.42. The summed E-state index contributed by atoms with van der Waals surface area (Å²) in [6.07, 6.45) is 0.326. The summed E-state index contributed by atoms with van der Waals surface area (Å²) in [5, 5.41) is 10.1. The quantitative estimate of drug-likeness (QED) is 0.928. The van der Waals surface area contributed by atoms with E-state index in [0.29, 0.717) is 16.3 Å². The van der Waals surface area contributed by atoms with E-state index in [2.05, 4.69) is 11.0 Å². The summed E-state index contributed by atoms with van der Waals surface area (Å²) < 4.78 is 11.6. The Balaban J connectivity index is 2.37. The van der Waals surface area contributed by atoms with Gasteiger partial charge in [-0.1, -0.05) is 0 Å².